The van der Waals surface area contributed by atoms with Crippen molar-refractivity contribution in [1.29, 1.82) is 0 Å². The lowest BCUT2D eigenvalue weighted by atomic mass is 9.96. The number of rotatable bonds is 3. The molecule has 1 fully saturated rings. The van der Waals surface area contributed by atoms with E-state index in [1.54, 1.807) is 6.07 Å². The van der Waals surface area contributed by atoms with Crippen molar-refractivity contribution < 1.29 is 9.18 Å². The molecule has 1 heterocycles. The van der Waals surface area contributed by atoms with Gasteiger partial charge in [-0.25, -0.2) is 4.39 Å². The van der Waals surface area contributed by atoms with Gasteiger partial charge in [0.25, 0.3) is 0 Å². The zero-order valence-electron chi connectivity index (χ0n) is 11.6. The summed E-state index contributed by atoms with van der Waals surface area (Å²) in [6, 6.07) is 4.15. The maximum atomic E-state index is 13.6. The molecule has 0 spiro atoms. The van der Waals surface area contributed by atoms with Crippen LogP contribution in [0, 0.1) is 5.82 Å². The summed E-state index contributed by atoms with van der Waals surface area (Å²) in [6.07, 6.45) is 2.96. The number of carbonyl (C=O) groups excluding carboxylic acids is 1. The standard InChI is InChI=1S/C15H20BrFN2O/c1-2-8-19-14(20)5-3-4-13(18)15(19)11-9-10(17)6-7-12(11)16/h6-7,9,13,15H,2-5,8,18H2,1H3. The van der Waals surface area contributed by atoms with Crippen LogP contribution in [0.4, 0.5) is 4.39 Å². The summed E-state index contributed by atoms with van der Waals surface area (Å²) < 4.78 is 14.4. The summed E-state index contributed by atoms with van der Waals surface area (Å²) in [4.78, 5) is 14.1. The molecule has 0 aromatic heterocycles. The molecule has 0 radical (unpaired) electrons. The molecule has 1 aliphatic rings. The van der Waals surface area contributed by atoms with E-state index in [0.717, 1.165) is 29.3 Å². The maximum Gasteiger partial charge on any atom is 0.223 e. The van der Waals surface area contributed by atoms with Crippen molar-refractivity contribution >= 4 is 21.8 Å². The minimum absolute atomic E-state index is 0.112. The number of nitrogens with zero attached hydrogens (tertiary/aromatic N) is 1. The van der Waals surface area contributed by atoms with Gasteiger partial charge in [-0.3, -0.25) is 4.79 Å². The third kappa shape index (κ3) is 3.20. The van der Waals surface area contributed by atoms with Gasteiger partial charge < -0.3 is 10.6 Å². The molecule has 1 aromatic rings. The number of nitrogens with two attached hydrogens (primary N) is 1. The van der Waals surface area contributed by atoms with E-state index >= 15 is 0 Å². The minimum Gasteiger partial charge on any atom is -0.334 e. The van der Waals surface area contributed by atoms with E-state index in [1.807, 2.05) is 11.8 Å². The van der Waals surface area contributed by atoms with Crippen LogP contribution in [0.15, 0.2) is 22.7 Å². The van der Waals surface area contributed by atoms with Gasteiger partial charge in [0.2, 0.25) is 5.91 Å². The molecule has 2 N–H and O–H groups in total. The second kappa shape index (κ2) is 6.68. The van der Waals surface area contributed by atoms with Crippen molar-refractivity contribution in [3.05, 3.63) is 34.1 Å². The Morgan fingerprint density at radius 1 is 1.50 bits per heavy atom. The molecule has 1 aromatic carbocycles. The fourth-order valence-corrected chi connectivity index (χ4v) is 3.30. The van der Waals surface area contributed by atoms with Crippen molar-refractivity contribution in [2.75, 3.05) is 6.54 Å². The lowest BCUT2D eigenvalue weighted by molar-refractivity contribution is -0.133. The Bertz CT molecular complexity index is 495. The second-order valence-electron chi connectivity index (χ2n) is 5.25. The van der Waals surface area contributed by atoms with Gasteiger partial charge >= 0.3 is 0 Å². The molecule has 0 saturated carbocycles. The van der Waals surface area contributed by atoms with Gasteiger partial charge in [0.15, 0.2) is 0 Å². The molecular formula is C15H20BrFN2O. The topological polar surface area (TPSA) is 46.3 Å². The van der Waals surface area contributed by atoms with E-state index in [4.69, 9.17) is 5.73 Å². The van der Waals surface area contributed by atoms with E-state index < -0.39 is 0 Å². The van der Waals surface area contributed by atoms with Gasteiger partial charge in [-0.15, -0.1) is 0 Å². The van der Waals surface area contributed by atoms with Gasteiger partial charge in [0, 0.05) is 23.5 Å². The van der Waals surface area contributed by atoms with Crippen molar-refractivity contribution in [1.82, 2.24) is 4.90 Å². The van der Waals surface area contributed by atoms with Gasteiger partial charge in [0.05, 0.1) is 6.04 Å². The summed E-state index contributed by atoms with van der Waals surface area (Å²) in [5.74, 6) is -0.190. The second-order valence-corrected chi connectivity index (χ2v) is 6.11. The Kier molecular flexibility index (Phi) is 5.16. The molecule has 2 rings (SSSR count). The normalized spacial score (nSPS) is 23.8. The van der Waals surface area contributed by atoms with Crippen LogP contribution in [0.5, 0.6) is 0 Å². The van der Waals surface area contributed by atoms with Crippen molar-refractivity contribution in [2.45, 2.75) is 44.7 Å². The van der Waals surface area contributed by atoms with E-state index in [9.17, 15) is 9.18 Å². The van der Waals surface area contributed by atoms with Gasteiger partial charge in [-0.05, 0) is 43.0 Å². The zero-order chi connectivity index (χ0) is 14.7. The summed E-state index contributed by atoms with van der Waals surface area (Å²) in [5.41, 5.74) is 7.04. The molecule has 20 heavy (non-hydrogen) atoms. The molecule has 1 aliphatic heterocycles. The van der Waals surface area contributed by atoms with Gasteiger partial charge in [0.1, 0.15) is 5.82 Å². The van der Waals surface area contributed by atoms with E-state index in [0.29, 0.717) is 13.0 Å². The highest BCUT2D eigenvalue weighted by molar-refractivity contribution is 9.10. The molecule has 2 atom stereocenters. The van der Waals surface area contributed by atoms with E-state index in [1.165, 1.54) is 12.1 Å². The Balaban J connectivity index is 2.45. The minimum atomic E-state index is -0.302. The highest BCUT2D eigenvalue weighted by atomic mass is 79.9. The van der Waals surface area contributed by atoms with Gasteiger partial charge in [-0.2, -0.15) is 0 Å². The largest absolute Gasteiger partial charge is 0.334 e. The van der Waals surface area contributed by atoms with Crippen LogP contribution in [0.1, 0.15) is 44.2 Å². The van der Waals surface area contributed by atoms with Crippen LogP contribution in [0.2, 0.25) is 0 Å². The maximum absolute atomic E-state index is 13.6. The van der Waals surface area contributed by atoms with Crippen molar-refractivity contribution in [3.63, 3.8) is 0 Å². The first-order valence-corrected chi connectivity index (χ1v) is 7.84. The Morgan fingerprint density at radius 2 is 2.25 bits per heavy atom. The van der Waals surface area contributed by atoms with E-state index in [2.05, 4.69) is 15.9 Å². The zero-order valence-corrected chi connectivity index (χ0v) is 13.2. The van der Waals surface area contributed by atoms with Crippen molar-refractivity contribution in [2.24, 2.45) is 5.73 Å². The molecule has 110 valence electrons. The first-order chi connectivity index (χ1) is 9.54. The quantitative estimate of drug-likeness (QED) is 0.915. The van der Waals surface area contributed by atoms with Gasteiger partial charge in [-0.1, -0.05) is 22.9 Å². The summed E-state index contributed by atoms with van der Waals surface area (Å²) >= 11 is 3.46. The first kappa shape index (κ1) is 15.4. The third-order valence-electron chi connectivity index (χ3n) is 3.73. The number of amides is 1. The molecular weight excluding hydrogens is 323 g/mol. The fourth-order valence-electron chi connectivity index (χ4n) is 2.82. The molecule has 0 bridgehead atoms. The predicted molar refractivity (Wildman–Crippen MR) is 80.7 cm³/mol. The number of hydrogen-bond donors (Lipinski definition) is 1. The van der Waals surface area contributed by atoms with Crippen LogP contribution >= 0.6 is 15.9 Å². The lowest BCUT2D eigenvalue weighted by Crippen LogP contribution is -2.42. The molecule has 5 heteroatoms. The molecule has 2 unspecified atom stereocenters. The average Bonchev–Trinajstić information content (AvgIpc) is 2.54. The smallest absolute Gasteiger partial charge is 0.223 e. The number of carbonyl (C=O) groups is 1. The number of hydrogen-bond acceptors (Lipinski definition) is 2. The number of benzene rings is 1. The molecule has 1 saturated heterocycles. The monoisotopic (exact) mass is 342 g/mol. The summed E-state index contributed by atoms with van der Waals surface area (Å²) in [7, 11) is 0. The van der Waals surface area contributed by atoms with Crippen LogP contribution in [-0.2, 0) is 4.79 Å². The first-order valence-electron chi connectivity index (χ1n) is 7.04. The molecule has 0 aliphatic carbocycles. The fraction of sp³-hybridized carbons (Fsp3) is 0.533. The van der Waals surface area contributed by atoms with Crippen LogP contribution < -0.4 is 5.73 Å². The van der Waals surface area contributed by atoms with Crippen LogP contribution in [-0.4, -0.2) is 23.4 Å². The van der Waals surface area contributed by atoms with Crippen LogP contribution in [0.25, 0.3) is 0 Å². The SMILES string of the molecule is CCCN1C(=O)CCCC(N)C1c1cc(F)ccc1Br. The summed E-state index contributed by atoms with van der Waals surface area (Å²) in [6.45, 7) is 2.68. The molecule has 3 nitrogen and oxygen atoms in total. The summed E-state index contributed by atoms with van der Waals surface area (Å²) in [5, 5.41) is 0. The predicted octanol–water partition coefficient (Wildman–Crippen LogP) is 3.38. The highest BCUT2D eigenvalue weighted by Gasteiger charge is 2.33. The van der Waals surface area contributed by atoms with Crippen molar-refractivity contribution in [3.8, 4) is 0 Å². The Hall–Kier alpha value is -0.940. The highest BCUT2D eigenvalue weighted by Crippen LogP contribution is 2.34. The lowest BCUT2D eigenvalue weighted by Gasteiger charge is -2.34. The Labute approximate surface area is 127 Å². The van der Waals surface area contributed by atoms with Crippen LogP contribution in [0.3, 0.4) is 0 Å². The molecule has 1 amide bonds. The third-order valence-corrected chi connectivity index (χ3v) is 4.45. The number of likely N-dealkylation sites (tertiary alicyclic amines) is 1. The Morgan fingerprint density at radius 3 is 2.95 bits per heavy atom. The van der Waals surface area contributed by atoms with E-state index in [-0.39, 0.29) is 23.8 Å². The average molecular weight is 343 g/mol. The number of halogens is 2.